The van der Waals surface area contributed by atoms with Crippen molar-refractivity contribution in [2.45, 2.75) is 6.42 Å². The third-order valence-electron chi connectivity index (χ3n) is 1.56. The van der Waals surface area contributed by atoms with Crippen LogP contribution in [0.25, 0.3) is 0 Å². The zero-order valence-electron chi connectivity index (χ0n) is 7.26. The molecule has 0 bridgehead atoms. The van der Waals surface area contributed by atoms with Crippen molar-refractivity contribution in [2.75, 3.05) is 11.9 Å². The van der Waals surface area contributed by atoms with Gasteiger partial charge in [-0.1, -0.05) is 29.3 Å². The molecule has 0 aliphatic carbocycles. The number of nitrogens with one attached hydrogen (secondary N) is 1. The Morgan fingerprint density at radius 1 is 1.43 bits per heavy atom. The summed E-state index contributed by atoms with van der Waals surface area (Å²) in [5, 5.41) is 11.7. The van der Waals surface area contributed by atoms with Crippen molar-refractivity contribution in [3.8, 4) is 0 Å². The van der Waals surface area contributed by atoms with Crippen molar-refractivity contribution in [3.05, 3.63) is 28.2 Å². The van der Waals surface area contributed by atoms with Gasteiger partial charge >= 0.3 is 0 Å². The zero-order chi connectivity index (χ0) is 10.6. The molecule has 1 aromatic carbocycles. The molecule has 0 aliphatic heterocycles. The van der Waals surface area contributed by atoms with E-state index in [-0.39, 0.29) is 18.9 Å². The fraction of sp³-hybridized carbons (Fsp3) is 0.222. The Labute approximate surface area is 91.6 Å². The molecule has 0 aliphatic rings. The summed E-state index contributed by atoms with van der Waals surface area (Å²) in [6.07, 6.45) is 0.0445. The van der Waals surface area contributed by atoms with Crippen molar-refractivity contribution < 1.29 is 9.90 Å². The van der Waals surface area contributed by atoms with E-state index in [1.165, 1.54) is 0 Å². The SMILES string of the molecule is O=C(CCO)Nc1cccc(Cl)c1Cl. The van der Waals surface area contributed by atoms with Crippen LogP contribution in [0.4, 0.5) is 5.69 Å². The number of carbonyl (C=O) groups is 1. The van der Waals surface area contributed by atoms with Gasteiger partial charge in [0, 0.05) is 0 Å². The first-order valence-electron chi connectivity index (χ1n) is 4.00. The van der Waals surface area contributed by atoms with E-state index in [0.29, 0.717) is 15.7 Å². The summed E-state index contributed by atoms with van der Waals surface area (Å²) in [4.78, 5) is 11.1. The molecule has 1 amide bonds. The van der Waals surface area contributed by atoms with Crippen LogP contribution in [0.3, 0.4) is 0 Å². The summed E-state index contributed by atoms with van der Waals surface area (Å²) in [6, 6.07) is 4.96. The number of carbonyl (C=O) groups excluding carboxylic acids is 1. The number of benzene rings is 1. The number of hydrogen-bond acceptors (Lipinski definition) is 2. The van der Waals surface area contributed by atoms with Crippen LogP contribution in [0.2, 0.25) is 10.0 Å². The highest BCUT2D eigenvalue weighted by Gasteiger charge is 2.07. The lowest BCUT2D eigenvalue weighted by Crippen LogP contribution is -2.13. The number of hydrogen-bond donors (Lipinski definition) is 2. The smallest absolute Gasteiger partial charge is 0.226 e. The molecule has 14 heavy (non-hydrogen) atoms. The molecule has 1 rings (SSSR count). The zero-order valence-corrected chi connectivity index (χ0v) is 8.77. The monoisotopic (exact) mass is 233 g/mol. The van der Waals surface area contributed by atoms with Gasteiger partial charge in [-0.15, -0.1) is 0 Å². The van der Waals surface area contributed by atoms with E-state index in [2.05, 4.69) is 5.32 Å². The van der Waals surface area contributed by atoms with E-state index >= 15 is 0 Å². The predicted octanol–water partition coefficient (Wildman–Crippen LogP) is 2.31. The van der Waals surface area contributed by atoms with Gasteiger partial charge in [-0.2, -0.15) is 0 Å². The van der Waals surface area contributed by atoms with Crippen LogP contribution in [0.15, 0.2) is 18.2 Å². The van der Waals surface area contributed by atoms with Gasteiger partial charge in [-0.3, -0.25) is 4.79 Å². The normalized spacial score (nSPS) is 9.93. The third-order valence-corrected chi connectivity index (χ3v) is 2.38. The molecule has 0 aromatic heterocycles. The topological polar surface area (TPSA) is 49.3 Å². The van der Waals surface area contributed by atoms with Crippen molar-refractivity contribution in [1.29, 1.82) is 0 Å². The minimum atomic E-state index is -0.295. The van der Waals surface area contributed by atoms with Gasteiger partial charge in [0.1, 0.15) is 0 Å². The molecule has 0 fully saturated rings. The Bertz CT molecular complexity index is 342. The second kappa shape index (κ2) is 5.20. The summed E-state index contributed by atoms with van der Waals surface area (Å²) in [5.41, 5.74) is 0.456. The molecule has 0 spiro atoms. The van der Waals surface area contributed by atoms with E-state index in [9.17, 15) is 4.79 Å². The molecule has 1 aromatic rings. The largest absolute Gasteiger partial charge is 0.396 e. The Kier molecular flexibility index (Phi) is 4.20. The molecule has 0 unspecified atom stereocenters. The maximum atomic E-state index is 11.1. The first-order chi connectivity index (χ1) is 6.65. The summed E-state index contributed by atoms with van der Waals surface area (Å²) in [5.74, 6) is -0.295. The molecule has 2 N–H and O–H groups in total. The molecule has 0 saturated carbocycles. The second-order valence-electron chi connectivity index (χ2n) is 2.62. The van der Waals surface area contributed by atoms with Gasteiger partial charge in [-0.25, -0.2) is 0 Å². The molecular formula is C9H9Cl2NO2. The minimum absolute atomic E-state index is 0.0445. The number of halogens is 2. The van der Waals surface area contributed by atoms with Crippen LogP contribution in [0, 0.1) is 0 Å². The summed E-state index contributed by atoms with van der Waals surface area (Å²) < 4.78 is 0. The number of anilines is 1. The lowest BCUT2D eigenvalue weighted by Gasteiger charge is -2.06. The van der Waals surface area contributed by atoms with Crippen LogP contribution in [0.5, 0.6) is 0 Å². The second-order valence-corrected chi connectivity index (χ2v) is 3.41. The fourth-order valence-electron chi connectivity index (χ4n) is 0.915. The molecule has 0 atom stereocenters. The lowest BCUT2D eigenvalue weighted by molar-refractivity contribution is -0.116. The van der Waals surface area contributed by atoms with Crippen LogP contribution < -0.4 is 5.32 Å². The van der Waals surface area contributed by atoms with Crippen molar-refractivity contribution in [2.24, 2.45) is 0 Å². The summed E-state index contributed by atoms with van der Waals surface area (Å²) >= 11 is 11.6. The quantitative estimate of drug-likeness (QED) is 0.842. The molecule has 76 valence electrons. The average molecular weight is 234 g/mol. The van der Waals surface area contributed by atoms with Crippen LogP contribution >= 0.6 is 23.2 Å². The van der Waals surface area contributed by atoms with Gasteiger partial charge in [0.05, 0.1) is 28.8 Å². The molecule has 3 nitrogen and oxygen atoms in total. The van der Waals surface area contributed by atoms with Crippen LogP contribution in [0.1, 0.15) is 6.42 Å². The Morgan fingerprint density at radius 3 is 2.79 bits per heavy atom. The van der Waals surface area contributed by atoms with Crippen LogP contribution in [-0.4, -0.2) is 17.6 Å². The van der Waals surface area contributed by atoms with E-state index in [1.54, 1.807) is 18.2 Å². The highest BCUT2D eigenvalue weighted by atomic mass is 35.5. The number of aliphatic hydroxyl groups is 1. The Morgan fingerprint density at radius 2 is 2.14 bits per heavy atom. The Hall–Kier alpha value is -0.770. The number of aliphatic hydroxyl groups excluding tert-OH is 1. The molecular weight excluding hydrogens is 225 g/mol. The van der Waals surface area contributed by atoms with E-state index in [0.717, 1.165) is 0 Å². The van der Waals surface area contributed by atoms with Crippen molar-refractivity contribution in [1.82, 2.24) is 0 Å². The fourth-order valence-corrected chi connectivity index (χ4v) is 1.26. The first kappa shape index (κ1) is 11.3. The average Bonchev–Trinajstić information content (AvgIpc) is 2.13. The molecule has 0 saturated heterocycles. The highest BCUT2D eigenvalue weighted by molar-refractivity contribution is 6.43. The molecule has 5 heteroatoms. The first-order valence-corrected chi connectivity index (χ1v) is 4.75. The molecule has 0 radical (unpaired) electrons. The molecule has 0 heterocycles. The summed E-state index contributed by atoms with van der Waals surface area (Å²) in [7, 11) is 0. The minimum Gasteiger partial charge on any atom is -0.396 e. The van der Waals surface area contributed by atoms with Crippen LogP contribution in [-0.2, 0) is 4.79 Å². The lowest BCUT2D eigenvalue weighted by atomic mass is 10.3. The van der Waals surface area contributed by atoms with Crippen molar-refractivity contribution >= 4 is 34.8 Å². The number of amides is 1. The third kappa shape index (κ3) is 2.87. The predicted molar refractivity (Wildman–Crippen MR) is 56.8 cm³/mol. The van der Waals surface area contributed by atoms with Gasteiger partial charge < -0.3 is 10.4 Å². The van der Waals surface area contributed by atoms with E-state index in [1.807, 2.05) is 0 Å². The maximum Gasteiger partial charge on any atom is 0.226 e. The van der Waals surface area contributed by atoms with E-state index in [4.69, 9.17) is 28.3 Å². The Balaban J connectivity index is 2.76. The van der Waals surface area contributed by atoms with Gasteiger partial charge in [0.25, 0.3) is 0 Å². The number of rotatable bonds is 3. The van der Waals surface area contributed by atoms with Crippen molar-refractivity contribution in [3.63, 3.8) is 0 Å². The standard InChI is InChI=1S/C9H9Cl2NO2/c10-6-2-1-3-7(9(6)11)12-8(14)4-5-13/h1-3,13H,4-5H2,(H,12,14). The van der Waals surface area contributed by atoms with Gasteiger partial charge in [-0.05, 0) is 12.1 Å². The summed E-state index contributed by atoms with van der Waals surface area (Å²) in [6.45, 7) is -0.190. The maximum absolute atomic E-state index is 11.1. The highest BCUT2D eigenvalue weighted by Crippen LogP contribution is 2.29. The van der Waals surface area contributed by atoms with Gasteiger partial charge in [0.15, 0.2) is 0 Å². The van der Waals surface area contributed by atoms with E-state index < -0.39 is 0 Å². The van der Waals surface area contributed by atoms with Gasteiger partial charge in [0.2, 0.25) is 5.91 Å².